The maximum Gasteiger partial charge on any atom is 0.247 e. The maximum absolute atomic E-state index is 14.3. The van der Waals surface area contributed by atoms with Crippen LogP contribution >= 0.6 is 0 Å². The quantitative estimate of drug-likeness (QED) is 0.0237. The van der Waals surface area contributed by atoms with Crippen LogP contribution in [0.3, 0.4) is 0 Å². The molecular weight excluding hydrogens is 1840 g/mol. The summed E-state index contributed by atoms with van der Waals surface area (Å²) in [6.45, 7) is 38.1. The number of likely N-dealkylation sites (N-methyl/N-ethyl adjacent to an activating group) is 1. The zero-order valence-electron chi connectivity index (χ0n) is 84.0. The van der Waals surface area contributed by atoms with Gasteiger partial charge < -0.3 is 65.7 Å². The van der Waals surface area contributed by atoms with Crippen LogP contribution in [0.25, 0.3) is 0 Å². The monoisotopic (exact) mass is 1970 g/mol. The zero-order valence-corrected chi connectivity index (χ0v) is 84.0. The molecular formula is C106H134F3N25O10. The van der Waals surface area contributed by atoms with Crippen LogP contribution < -0.4 is 76.0 Å². The SMILES string of the molecule is C=CC(=O)Nc1cc(Nc2cc(N3OCC[C@@H]3c3cc(C)cc(F)c3)ncn2)c(OC)cc1N1CCC(N2CC3CC(C2)N3CC)CC1.C=CC(=O)Nc1cc(Nc2cc(N3OCC[C@@H]3c3cc(C)cc(F)c3)ncn2)c(OC)cc1N1CCC(N2CCN(C(C)=O)CC2)CC1.C=CC(=O)Nc1cc(Nc2cc(N3OCC[C@@H]3c3cc(C)cc(F)c3)ncn2)c(OC)cc1N1CCC(N2CCN(N(C)C)CC2)CC1. The summed E-state index contributed by atoms with van der Waals surface area (Å²) >= 11 is 0. The molecule has 38 heteroatoms. The number of methoxy groups -OCH3 is 3. The van der Waals surface area contributed by atoms with Gasteiger partial charge in [-0.15, -0.1) is 0 Å². The van der Waals surface area contributed by atoms with Crippen LogP contribution in [0.1, 0.15) is 130 Å². The molecule has 2 bridgehead atoms. The summed E-state index contributed by atoms with van der Waals surface area (Å²) in [6.07, 6.45) is 17.7. The molecule has 11 aliphatic rings. The summed E-state index contributed by atoms with van der Waals surface area (Å²) in [5, 5.41) is 28.8. The molecule has 764 valence electrons. The molecule has 9 aromatic rings. The van der Waals surface area contributed by atoms with E-state index < -0.39 is 0 Å². The molecule has 0 saturated carbocycles. The Morgan fingerprint density at radius 3 is 1.01 bits per heavy atom. The van der Waals surface area contributed by atoms with E-state index in [9.17, 15) is 32.3 Å². The molecule has 11 fully saturated rings. The summed E-state index contributed by atoms with van der Waals surface area (Å²) in [4.78, 5) is 113. The molecule has 144 heavy (non-hydrogen) atoms. The molecule has 0 radical (unpaired) electrons. The number of piperazine rings is 3. The van der Waals surface area contributed by atoms with E-state index in [-0.39, 0.29) is 59.2 Å². The number of fused-ring (bicyclic) bond motifs is 2. The average molecular weight is 1980 g/mol. The Labute approximate surface area is 840 Å². The smallest absolute Gasteiger partial charge is 0.247 e. The van der Waals surface area contributed by atoms with Gasteiger partial charge in [-0.1, -0.05) is 44.9 Å². The summed E-state index contributed by atoms with van der Waals surface area (Å²) in [5.41, 5.74) is 11.5. The fourth-order valence-electron chi connectivity index (χ4n) is 21.9. The van der Waals surface area contributed by atoms with Crippen LogP contribution in [-0.2, 0) is 33.7 Å². The van der Waals surface area contributed by atoms with Crippen molar-refractivity contribution in [2.24, 2.45) is 0 Å². The van der Waals surface area contributed by atoms with Gasteiger partial charge in [-0.25, -0.2) is 68.3 Å². The number of halogens is 3. The predicted octanol–water partition coefficient (Wildman–Crippen LogP) is 15.0. The van der Waals surface area contributed by atoms with Crippen LogP contribution in [0.2, 0.25) is 0 Å². The number of anilines is 15. The summed E-state index contributed by atoms with van der Waals surface area (Å²) in [5.74, 6) is 3.31. The van der Waals surface area contributed by atoms with Gasteiger partial charge in [0.05, 0.1) is 110 Å². The Kier molecular flexibility index (Phi) is 33.1. The number of aromatic nitrogens is 6. The third kappa shape index (κ3) is 24.2. The fraction of sp³-hybridized carbons (Fsp3) is 0.453. The number of ether oxygens (including phenoxy) is 3. The number of benzene rings is 6. The summed E-state index contributed by atoms with van der Waals surface area (Å²) in [6, 6.07) is 34.2. The minimum Gasteiger partial charge on any atom is -0.494 e. The van der Waals surface area contributed by atoms with Crippen molar-refractivity contribution in [1.82, 2.24) is 64.4 Å². The van der Waals surface area contributed by atoms with E-state index >= 15 is 0 Å². The van der Waals surface area contributed by atoms with E-state index in [1.807, 2.05) is 80.3 Å². The van der Waals surface area contributed by atoms with Crippen LogP contribution in [0, 0.1) is 38.2 Å². The number of aryl methyl sites for hydroxylation is 3. The predicted molar refractivity (Wildman–Crippen MR) is 555 cm³/mol. The van der Waals surface area contributed by atoms with Crippen LogP contribution in [-0.4, -0.2) is 285 Å². The van der Waals surface area contributed by atoms with Crippen molar-refractivity contribution in [3.8, 4) is 17.2 Å². The van der Waals surface area contributed by atoms with Gasteiger partial charge in [-0.3, -0.25) is 53.3 Å². The lowest BCUT2D eigenvalue weighted by Gasteiger charge is -2.58. The van der Waals surface area contributed by atoms with Crippen LogP contribution in [0.4, 0.5) is 99.3 Å². The van der Waals surface area contributed by atoms with E-state index in [2.05, 4.69) is 147 Å². The van der Waals surface area contributed by atoms with Crippen LogP contribution in [0.15, 0.2) is 166 Å². The molecule has 2 unspecified atom stereocenters. The van der Waals surface area contributed by atoms with Crippen molar-refractivity contribution >= 4 is 110 Å². The Bertz CT molecular complexity index is 6000. The number of amides is 4. The number of piperidine rings is 4. The second kappa shape index (κ2) is 46.6. The molecule has 35 nitrogen and oxygen atoms in total. The highest BCUT2D eigenvalue weighted by Crippen LogP contribution is 2.47. The molecule has 6 N–H and O–H groups in total. The lowest BCUT2D eigenvalue weighted by Crippen LogP contribution is -2.70. The number of hydrogen-bond acceptors (Lipinski definition) is 31. The number of hydrazine groups is 1. The minimum atomic E-state index is -0.320. The van der Waals surface area contributed by atoms with Crippen molar-refractivity contribution in [2.45, 2.75) is 147 Å². The third-order valence-electron chi connectivity index (χ3n) is 29.1. The van der Waals surface area contributed by atoms with Crippen molar-refractivity contribution in [1.29, 1.82) is 0 Å². The van der Waals surface area contributed by atoms with Gasteiger partial charge in [-0.2, -0.15) is 0 Å². The van der Waals surface area contributed by atoms with Gasteiger partial charge in [0.15, 0.2) is 17.5 Å². The molecule has 11 aliphatic heterocycles. The zero-order chi connectivity index (χ0) is 101. The second-order valence-electron chi connectivity index (χ2n) is 38.4. The molecule has 20 rings (SSSR count). The van der Waals surface area contributed by atoms with Crippen molar-refractivity contribution in [2.75, 3.05) is 228 Å². The molecule has 4 amide bonds. The number of rotatable bonds is 29. The van der Waals surface area contributed by atoms with Crippen molar-refractivity contribution in [3.63, 3.8) is 0 Å². The Balaban J connectivity index is 0.000000148. The molecule has 6 aromatic carbocycles. The van der Waals surface area contributed by atoms with E-state index in [1.54, 1.807) is 73.8 Å². The third-order valence-corrected chi connectivity index (χ3v) is 29.1. The second-order valence-corrected chi connectivity index (χ2v) is 38.4. The van der Waals surface area contributed by atoms with Crippen molar-refractivity contribution in [3.05, 3.63) is 217 Å². The van der Waals surface area contributed by atoms with E-state index in [4.69, 9.17) is 28.7 Å². The minimum absolute atomic E-state index is 0.135. The first-order chi connectivity index (χ1) is 69.8. The van der Waals surface area contributed by atoms with Crippen molar-refractivity contribution < 1.29 is 61.1 Å². The lowest BCUT2D eigenvalue weighted by atomic mass is 9.85. The largest absolute Gasteiger partial charge is 0.494 e. The number of carbonyl (C=O) groups is 4. The average Bonchev–Trinajstić information content (AvgIpc) is 1.30. The van der Waals surface area contributed by atoms with E-state index in [0.29, 0.717) is 156 Å². The first-order valence-electron chi connectivity index (χ1n) is 50.0. The molecule has 3 aromatic heterocycles. The molecule has 14 heterocycles. The van der Waals surface area contributed by atoms with Gasteiger partial charge in [0, 0.05) is 212 Å². The first-order valence-corrected chi connectivity index (χ1v) is 50.0. The molecule has 0 aliphatic carbocycles. The van der Waals surface area contributed by atoms with E-state index in [0.717, 1.165) is 187 Å². The number of nitrogens with zero attached hydrogens (tertiary/aromatic N) is 19. The van der Waals surface area contributed by atoms with E-state index in [1.165, 1.54) is 81.0 Å². The van der Waals surface area contributed by atoms with Gasteiger partial charge in [0.25, 0.3) is 0 Å². The lowest BCUT2D eigenvalue weighted by molar-refractivity contribution is -0.131. The summed E-state index contributed by atoms with van der Waals surface area (Å²) < 4.78 is 60.3. The molecule has 5 atom stereocenters. The topological polar surface area (TPSA) is 315 Å². The van der Waals surface area contributed by atoms with Gasteiger partial charge >= 0.3 is 0 Å². The Morgan fingerprint density at radius 2 is 0.722 bits per heavy atom. The Hall–Kier alpha value is -13.3. The standard InChI is InChI=1S/C36H45FN8O3.C35H46FN9O3.C35H43FN8O4/c1-5-36(46)41-29-17-30(40-34-19-35(39-22-38-34)45-31(9-12-48-45)24-13-23(3)14-25(37)15-24)33(47-4)18-32(29)42-10-7-26(8-11-42)43-20-27-16-28(21-43)44(27)6-2;1-6-35(46)40-28-20-29(32(47-5)21-31(28)43-10-7-27(8-11-43)42-12-14-44(15-13-42)41(3)4)39-33-22-34(38-23-37-33)45-30(9-16-48-45)25-17-24(2)18-26(36)19-25;1-5-35(46)40-28-19-29(32(47-4)20-31(28)43-9-6-27(7-10-43)42-13-11-41(12-14-42)24(3)45)39-33-21-34(38-22-37-33)44-30(8-15-48-44)25-16-23(2)17-26(36)18-25/h5,13-15,17-19,22,26-28,31H,1,6-12,16,20-21H2,2-4H3,(H,41,46)(H,38,39,40);6,17-23,27,30H,1,7-16H2,2-5H3,(H,40,46)(H,37,38,39);5,16-22,27,30H,1,6-15H2,2-4H3,(H,40,46)(H,37,38,39)/t27?,28?,31-;2*30-/m111/s1. The number of hydroxylamine groups is 3. The number of hydrogen-bond donors (Lipinski definition) is 6. The normalized spacial score (nSPS) is 20.5. The van der Waals surface area contributed by atoms with Gasteiger partial charge in [0.2, 0.25) is 23.6 Å². The first kappa shape index (κ1) is 102. The highest BCUT2D eigenvalue weighted by atomic mass is 19.1. The van der Waals surface area contributed by atoms with Crippen LogP contribution in [0.5, 0.6) is 17.2 Å². The Morgan fingerprint density at radius 1 is 0.403 bits per heavy atom. The maximum atomic E-state index is 14.3. The molecule has 0 spiro atoms. The number of nitrogens with one attached hydrogen (secondary N) is 6. The highest BCUT2D eigenvalue weighted by molar-refractivity contribution is 6.04. The highest BCUT2D eigenvalue weighted by Gasteiger charge is 2.46. The number of carbonyl (C=O) groups excluding carboxylic acids is 4. The van der Waals surface area contributed by atoms with Gasteiger partial charge in [-0.05, 0) is 178 Å². The van der Waals surface area contributed by atoms with Gasteiger partial charge in [0.1, 0.15) is 71.1 Å². The summed E-state index contributed by atoms with van der Waals surface area (Å²) in [7, 11) is 9.07. The fourth-order valence-corrected chi connectivity index (χ4v) is 21.9. The molecule has 11 saturated heterocycles.